The first-order valence-corrected chi connectivity index (χ1v) is 7.78. The standard InChI is InChI=1S/C15H20N2OS/c1-18-14-8-12(4-5-13(14)9-16)10-17-11-15(19-2)6-3-7-15/h4-5,8,17H,3,6-7,10-11H2,1-2H3. The monoisotopic (exact) mass is 276 g/mol. The lowest BCUT2D eigenvalue weighted by atomic mass is 9.84. The first-order valence-electron chi connectivity index (χ1n) is 6.56. The van der Waals surface area contributed by atoms with Gasteiger partial charge in [-0.1, -0.05) is 12.5 Å². The summed E-state index contributed by atoms with van der Waals surface area (Å²) in [6.45, 7) is 1.88. The number of nitrogens with zero attached hydrogens (tertiary/aromatic N) is 1. The summed E-state index contributed by atoms with van der Waals surface area (Å²) in [5, 5.41) is 12.5. The Morgan fingerprint density at radius 3 is 2.79 bits per heavy atom. The fraction of sp³-hybridized carbons (Fsp3) is 0.533. The van der Waals surface area contributed by atoms with Crippen LogP contribution in [0.4, 0.5) is 0 Å². The van der Waals surface area contributed by atoms with Crippen LogP contribution in [0, 0.1) is 11.3 Å². The number of hydrogen-bond acceptors (Lipinski definition) is 4. The molecule has 0 amide bonds. The molecule has 0 atom stereocenters. The second-order valence-corrected chi connectivity index (χ2v) is 6.26. The molecule has 0 bridgehead atoms. The molecule has 0 spiro atoms. The number of benzene rings is 1. The molecular weight excluding hydrogens is 256 g/mol. The Balaban J connectivity index is 1.91. The van der Waals surface area contributed by atoms with Gasteiger partial charge in [0.25, 0.3) is 0 Å². The number of nitrogens with one attached hydrogen (secondary N) is 1. The van der Waals surface area contributed by atoms with Gasteiger partial charge in [0.15, 0.2) is 0 Å². The average molecular weight is 276 g/mol. The van der Waals surface area contributed by atoms with E-state index in [1.807, 2.05) is 30.0 Å². The van der Waals surface area contributed by atoms with E-state index >= 15 is 0 Å². The van der Waals surface area contributed by atoms with Crippen LogP contribution in [-0.4, -0.2) is 24.7 Å². The van der Waals surface area contributed by atoms with Crippen molar-refractivity contribution < 1.29 is 4.74 Å². The summed E-state index contributed by atoms with van der Waals surface area (Å²) in [7, 11) is 1.60. The molecule has 102 valence electrons. The summed E-state index contributed by atoms with van der Waals surface area (Å²) < 4.78 is 5.68. The molecule has 1 aromatic carbocycles. The van der Waals surface area contributed by atoms with Crippen LogP contribution in [-0.2, 0) is 6.54 Å². The molecule has 0 heterocycles. The Bertz CT molecular complexity index is 472. The van der Waals surface area contributed by atoms with Crippen molar-refractivity contribution in [2.45, 2.75) is 30.6 Å². The first-order chi connectivity index (χ1) is 9.23. The number of thioether (sulfide) groups is 1. The molecule has 1 saturated carbocycles. The number of hydrogen-bond donors (Lipinski definition) is 1. The number of rotatable bonds is 6. The summed E-state index contributed by atoms with van der Waals surface area (Å²) in [5.41, 5.74) is 1.75. The zero-order chi connectivity index (χ0) is 13.7. The van der Waals surface area contributed by atoms with Crippen molar-refractivity contribution in [2.24, 2.45) is 0 Å². The van der Waals surface area contributed by atoms with Crippen LogP contribution in [0.25, 0.3) is 0 Å². The van der Waals surface area contributed by atoms with Gasteiger partial charge in [-0.3, -0.25) is 0 Å². The second-order valence-electron chi connectivity index (χ2n) is 4.99. The molecule has 1 aliphatic carbocycles. The van der Waals surface area contributed by atoms with E-state index in [4.69, 9.17) is 10.00 Å². The molecule has 0 aliphatic heterocycles. The Kier molecular flexibility index (Phi) is 4.73. The highest BCUT2D eigenvalue weighted by molar-refractivity contribution is 8.00. The molecule has 2 rings (SSSR count). The molecule has 0 aromatic heterocycles. The molecule has 1 aliphatic rings. The van der Waals surface area contributed by atoms with Gasteiger partial charge in [0, 0.05) is 17.8 Å². The predicted octanol–water partition coefficient (Wildman–Crippen LogP) is 2.94. The highest BCUT2D eigenvalue weighted by Gasteiger charge is 2.35. The first kappa shape index (κ1) is 14.2. The molecule has 0 radical (unpaired) electrons. The van der Waals surface area contributed by atoms with E-state index in [0.717, 1.165) is 18.7 Å². The van der Waals surface area contributed by atoms with E-state index < -0.39 is 0 Å². The maximum absolute atomic E-state index is 8.95. The number of methoxy groups -OCH3 is 1. The topological polar surface area (TPSA) is 45.0 Å². The molecule has 0 unspecified atom stereocenters. The van der Waals surface area contributed by atoms with Crippen molar-refractivity contribution in [1.82, 2.24) is 5.32 Å². The van der Waals surface area contributed by atoms with Crippen LogP contribution < -0.4 is 10.1 Å². The van der Waals surface area contributed by atoms with Gasteiger partial charge in [0.2, 0.25) is 0 Å². The molecule has 19 heavy (non-hydrogen) atoms. The summed E-state index contributed by atoms with van der Waals surface area (Å²) >= 11 is 1.98. The van der Waals surface area contributed by atoms with Crippen LogP contribution in [0.15, 0.2) is 18.2 Å². The van der Waals surface area contributed by atoms with Gasteiger partial charge in [0.05, 0.1) is 12.7 Å². The summed E-state index contributed by atoms with van der Waals surface area (Å²) in [6.07, 6.45) is 6.19. The Hall–Kier alpha value is -1.18. The van der Waals surface area contributed by atoms with Crippen molar-refractivity contribution in [3.05, 3.63) is 29.3 Å². The van der Waals surface area contributed by atoms with E-state index in [1.165, 1.54) is 19.3 Å². The fourth-order valence-corrected chi connectivity index (χ4v) is 3.34. The Labute approximate surface area is 119 Å². The number of nitriles is 1. The quantitative estimate of drug-likeness (QED) is 0.867. The van der Waals surface area contributed by atoms with E-state index in [-0.39, 0.29) is 0 Å². The third kappa shape index (κ3) is 3.23. The van der Waals surface area contributed by atoms with E-state index in [1.54, 1.807) is 7.11 Å². The maximum atomic E-state index is 8.95. The zero-order valence-corrected chi connectivity index (χ0v) is 12.3. The highest BCUT2D eigenvalue weighted by Crippen LogP contribution is 2.42. The fourth-order valence-electron chi connectivity index (χ4n) is 2.40. The largest absolute Gasteiger partial charge is 0.495 e. The van der Waals surface area contributed by atoms with Crippen LogP contribution in [0.2, 0.25) is 0 Å². The van der Waals surface area contributed by atoms with E-state index in [2.05, 4.69) is 17.6 Å². The van der Waals surface area contributed by atoms with Gasteiger partial charge in [-0.25, -0.2) is 0 Å². The van der Waals surface area contributed by atoms with E-state index in [9.17, 15) is 0 Å². The molecule has 1 N–H and O–H groups in total. The third-order valence-corrected chi connectivity index (χ3v) is 5.28. The minimum absolute atomic E-state index is 0.455. The van der Waals surface area contributed by atoms with Gasteiger partial charge in [0.1, 0.15) is 11.8 Å². The van der Waals surface area contributed by atoms with Crippen molar-refractivity contribution in [3.63, 3.8) is 0 Å². The van der Waals surface area contributed by atoms with Crippen LogP contribution in [0.1, 0.15) is 30.4 Å². The SMILES string of the molecule is COc1cc(CNCC2(SC)CCC2)ccc1C#N. The van der Waals surface area contributed by atoms with Gasteiger partial charge in [-0.05, 0) is 36.8 Å². The maximum Gasteiger partial charge on any atom is 0.136 e. The predicted molar refractivity (Wildman–Crippen MR) is 79.5 cm³/mol. The minimum atomic E-state index is 0.455. The van der Waals surface area contributed by atoms with Crippen LogP contribution >= 0.6 is 11.8 Å². The zero-order valence-electron chi connectivity index (χ0n) is 11.5. The van der Waals surface area contributed by atoms with Gasteiger partial charge in [-0.15, -0.1) is 0 Å². The summed E-state index contributed by atoms with van der Waals surface area (Å²) in [4.78, 5) is 0. The molecule has 1 fully saturated rings. The van der Waals surface area contributed by atoms with Crippen LogP contribution in [0.5, 0.6) is 5.75 Å². The van der Waals surface area contributed by atoms with Gasteiger partial charge < -0.3 is 10.1 Å². The summed E-state index contributed by atoms with van der Waals surface area (Å²) in [6, 6.07) is 7.88. The number of ether oxygens (including phenoxy) is 1. The molecular formula is C15H20N2OS. The van der Waals surface area contributed by atoms with Gasteiger partial charge in [-0.2, -0.15) is 17.0 Å². The second kappa shape index (κ2) is 6.31. The van der Waals surface area contributed by atoms with Crippen LogP contribution in [0.3, 0.4) is 0 Å². The van der Waals surface area contributed by atoms with E-state index in [0.29, 0.717) is 16.1 Å². The molecule has 3 nitrogen and oxygen atoms in total. The van der Waals surface area contributed by atoms with Crippen molar-refractivity contribution in [2.75, 3.05) is 19.9 Å². The molecule has 1 aromatic rings. The Morgan fingerprint density at radius 1 is 1.47 bits per heavy atom. The van der Waals surface area contributed by atoms with Crippen molar-refractivity contribution >= 4 is 11.8 Å². The molecule has 0 saturated heterocycles. The smallest absolute Gasteiger partial charge is 0.136 e. The summed E-state index contributed by atoms with van der Waals surface area (Å²) in [5.74, 6) is 0.657. The lowest BCUT2D eigenvalue weighted by Crippen LogP contribution is -2.43. The van der Waals surface area contributed by atoms with Crippen molar-refractivity contribution in [3.8, 4) is 11.8 Å². The highest BCUT2D eigenvalue weighted by atomic mass is 32.2. The van der Waals surface area contributed by atoms with Gasteiger partial charge >= 0.3 is 0 Å². The average Bonchev–Trinajstić information content (AvgIpc) is 2.41. The minimum Gasteiger partial charge on any atom is -0.495 e. The normalized spacial score (nSPS) is 16.5. The molecule has 4 heteroatoms. The lowest BCUT2D eigenvalue weighted by Gasteiger charge is -2.40. The third-order valence-electron chi connectivity index (χ3n) is 3.86. The Morgan fingerprint density at radius 2 is 2.26 bits per heavy atom. The van der Waals surface area contributed by atoms with Crippen molar-refractivity contribution in [1.29, 1.82) is 5.26 Å². The lowest BCUT2D eigenvalue weighted by molar-refractivity contribution is 0.345.